The van der Waals surface area contributed by atoms with Crippen molar-refractivity contribution >= 4 is 0 Å². The highest BCUT2D eigenvalue weighted by atomic mass is 14.9. The normalized spacial score (nSPS) is 15.6. The van der Waals surface area contributed by atoms with Gasteiger partial charge in [0.1, 0.15) is 0 Å². The van der Waals surface area contributed by atoms with Crippen molar-refractivity contribution in [3.63, 3.8) is 0 Å². The van der Waals surface area contributed by atoms with Gasteiger partial charge in [0.25, 0.3) is 0 Å². The Morgan fingerprint density at radius 1 is 1.40 bits per heavy atom. The molecular formula is C14H23N. The summed E-state index contributed by atoms with van der Waals surface area (Å²) in [6.07, 6.45) is 10.4. The molecule has 1 nitrogen and oxygen atoms in total. The van der Waals surface area contributed by atoms with Gasteiger partial charge in [0, 0.05) is 12.2 Å². The van der Waals surface area contributed by atoms with E-state index >= 15 is 0 Å². The van der Waals surface area contributed by atoms with Crippen LogP contribution in [0.2, 0.25) is 0 Å². The molecule has 84 valence electrons. The van der Waals surface area contributed by atoms with E-state index in [1.807, 2.05) is 0 Å². The molecule has 0 amide bonds. The predicted molar refractivity (Wildman–Crippen MR) is 67.7 cm³/mol. The highest BCUT2D eigenvalue weighted by Crippen LogP contribution is 2.22. The van der Waals surface area contributed by atoms with E-state index in [2.05, 4.69) is 37.9 Å². The Labute approximate surface area is 94.0 Å². The van der Waals surface area contributed by atoms with Crippen molar-refractivity contribution in [2.75, 3.05) is 6.54 Å². The molecule has 1 aliphatic rings. The fraction of sp³-hybridized carbons (Fsp3) is 0.571. The maximum Gasteiger partial charge on any atom is 0.0141 e. The summed E-state index contributed by atoms with van der Waals surface area (Å²) in [7, 11) is 0. The smallest absolute Gasteiger partial charge is 0.0141 e. The molecule has 15 heavy (non-hydrogen) atoms. The van der Waals surface area contributed by atoms with Crippen LogP contribution in [-0.4, -0.2) is 6.54 Å². The first kappa shape index (κ1) is 12.1. The van der Waals surface area contributed by atoms with Crippen molar-refractivity contribution in [3.05, 3.63) is 35.6 Å². The van der Waals surface area contributed by atoms with Crippen LogP contribution in [0.1, 0.15) is 46.0 Å². The molecule has 1 rings (SSSR count). The van der Waals surface area contributed by atoms with Gasteiger partial charge in [-0.2, -0.15) is 0 Å². The Kier molecular flexibility index (Phi) is 5.23. The number of nitrogens with one attached hydrogen (secondary N) is 1. The minimum absolute atomic E-state index is 1.05. The minimum atomic E-state index is 1.05. The van der Waals surface area contributed by atoms with Gasteiger partial charge in [-0.15, -0.1) is 0 Å². The van der Waals surface area contributed by atoms with E-state index in [1.54, 1.807) is 5.57 Å². The second-order valence-electron chi connectivity index (χ2n) is 4.37. The van der Waals surface area contributed by atoms with E-state index in [1.165, 1.54) is 37.0 Å². The maximum absolute atomic E-state index is 4.04. The van der Waals surface area contributed by atoms with Crippen LogP contribution in [0.15, 0.2) is 35.6 Å². The van der Waals surface area contributed by atoms with E-state index in [0.29, 0.717) is 0 Å². The van der Waals surface area contributed by atoms with Gasteiger partial charge in [-0.05, 0) is 39.0 Å². The molecule has 1 heteroatoms. The summed E-state index contributed by atoms with van der Waals surface area (Å²) in [4.78, 5) is 0. The van der Waals surface area contributed by atoms with Crippen molar-refractivity contribution in [2.45, 2.75) is 46.0 Å². The van der Waals surface area contributed by atoms with Crippen molar-refractivity contribution in [1.29, 1.82) is 0 Å². The Bertz CT molecular complexity index is 271. The van der Waals surface area contributed by atoms with Crippen LogP contribution in [-0.2, 0) is 0 Å². The average Bonchev–Trinajstić information content (AvgIpc) is 2.25. The van der Waals surface area contributed by atoms with Crippen molar-refractivity contribution < 1.29 is 0 Å². The van der Waals surface area contributed by atoms with Gasteiger partial charge in [0.2, 0.25) is 0 Å². The highest BCUT2D eigenvalue weighted by Gasteiger charge is 2.03. The molecule has 0 unspecified atom stereocenters. The van der Waals surface area contributed by atoms with Crippen LogP contribution >= 0.6 is 0 Å². The number of allylic oxidation sites excluding steroid dienone is 5. The standard InChI is InChI=1S/C14H23N/c1-4-11-15-13(3)7-10-14-8-5-12(2)6-9-14/h5,8,15H,3-4,6-7,9-11H2,1-2H3. The Balaban J connectivity index is 2.23. The molecule has 0 aromatic heterocycles. The molecule has 0 aromatic carbocycles. The third-order valence-electron chi connectivity index (χ3n) is 2.82. The van der Waals surface area contributed by atoms with Crippen molar-refractivity contribution in [3.8, 4) is 0 Å². The maximum atomic E-state index is 4.04. The molecule has 0 saturated carbocycles. The lowest BCUT2D eigenvalue weighted by Gasteiger charge is -2.13. The summed E-state index contributed by atoms with van der Waals surface area (Å²) in [5.74, 6) is 0. The predicted octanol–water partition coefficient (Wildman–Crippen LogP) is 3.95. The van der Waals surface area contributed by atoms with E-state index in [0.717, 1.165) is 13.0 Å². The SMILES string of the molecule is C=C(CCC1=CC=C(C)CC1)NCCC. The van der Waals surface area contributed by atoms with Gasteiger partial charge in [-0.3, -0.25) is 0 Å². The number of hydrogen-bond acceptors (Lipinski definition) is 1. The third kappa shape index (κ3) is 4.87. The quantitative estimate of drug-likeness (QED) is 0.692. The van der Waals surface area contributed by atoms with Crippen LogP contribution in [0.3, 0.4) is 0 Å². The van der Waals surface area contributed by atoms with Gasteiger partial charge in [0.15, 0.2) is 0 Å². The first-order valence-corrected chi connectivity index (χ1v) is 5.99. The lowest BCUT2D eigenvalue weighted by atomic mass is 9.96. The fourth-order valence-electron chi connectivity index (χ4n) is 1.69. The molecule has 0 bridgehead atoms. The summed E-state index contributed by atoms with van der Waals surface area (Å²) < 4.78 is 0. The molecule has 0 saturated heterocycles. The summed E-state index contributed by atoms with van der Waals surface area (Å²) in [6.45, 7) is 9.47. The Hall–Kier alpha value is -0.980. The Morgan fingerprint density at radius 3 is 2.80 bits per heavy atom. The molecule has 0 spiro atoms. The van der Waals surface area contributed by atoms with Crippen LogP contribution < -0.4 is 5.32 Å². The van der Waals surface area contributed by atoms with Gasteiger partial charge in [-0.1, -0.05) is 36.8 Å². The fourth-order valence-corrected chi connectivity index (χ4v) is 1.69. The zero-order valence-corrected chi connectivity index (χ0v) is 10.1. The van der Waals surface area contributed by atoms with Crippen LogP contribution in [0.4, 0.5) is 0 Å². The van der Waals surface area contributed by atoms with Gasteiger partial charge in [-0.25, -0.2) is 0 Å². The summed E-state index contributed by atoms with van der Waals surface area (Å²) in [5.41, 5.74) is 4.26. The number of rotatable bonds is 6. The molecule has 0 aromatic rings. The zero-order valence-electron chi connectivity index (χ0n) is 10.1. The molecule has 0 aliphatic heterocycles. The third-order valence-corrected chi connectivity index (χ3v) is 2.82. The first-order chi connectivity index (χ1) is 7.22. The highest BCUT2D eigenvalue weighted by molar-refractivity contribution is 5.23. The molecule has 1 N–H and O–H groups in total. The second-order valence-corrected chi connectivity index (χ2v) is 4.37. The molecule has 0 atom stereocenters. The monoisotopic (exact) mass is 205 g/mol. The molecule has 0 fully saturated rings. The zero-order chi connectivity index (χ0) is 11.1. The minimum Gasteiger partial charge on any atom is -0.389 e. The largest absolute Gasteiger partial charge is 0.389 e. The van der Waals surface area contributed by atoms with Crippen molar-refractivity contribution in [2.24, 2.45) is 0 Å². The molecule has 0 radical (unpaired) electrons. The van der Waals surface area contributed by atoms with Crippen molar-refractivity contribution in [1.82, 2.24) is 5.32 Å². The van der Waals surface area contributed by atoms with Crippen LogP contribution in [0.25, 0.3) is 0 Å². The summed E-state index contributed by atoms with van der Waals surface area (Å²) in [6, 6.07) is 0. The van der Waals surface area contributed by atoms with E-state index in [4.69, 9.17) is 0 Å². The molecule has 1 aliphatic carbocycles. The van der Waals surface area contributed by atoms with Gasteiger partial charge in [0.05, 0.1) is 0 Å². The Morgan fingerprint density at radius 2 is 2.20 bits per heavy atom. The lowest BCUT2D eigenvalue weighted by molar-refractivity contribution is 0.712. The molecule has 0 heterocycles. The number of hydrogen-bond donors (Lipinski definition) is 1. The van der Waals surface area contributed by atoms with E-state index < -0.39 is 0 Å². The lowest BCUT2D eigenvalue weighted by Crippen LogP contribution is -2.13. The van der Waals surface area contributed by atoms with Gasteiger partial charge >= 0.3 is 0 Å². The van der Waals surface area contributed by atoms with Crippen LogP contribution in [0.5, 0.6) is 0 Å². The average molecular weight is 205 g/mol. The molecular weight excluding hydrogens is 182 g/mol. The van der Waals surface area contributed by atoms with E-state index in [9.17, 15) is 0 Å². The second kappa shape index (κ2) is 6.49. The summed E-state index contributed by atoms with van der Waals surface area (Å²) in [5, 5.41) is 3.34. The summed E-state index contributed by atoms with van der Waals surface area (Å²) >= 11 is 0. The van der Waals surface area contributed by atoms with E-state index in [-0.39, 0.29) is 0 Å². The van der Waals surface area contributed by atoms with Gasteiger partial charge < -0.3 is 5.32 Å². The van der Waals surface area contributed by atoms with Crippen LogP contribution in [0, 0.1) is 0 Å². The topological polar surface area (TPSA) is 12.0 Å². The first-order valence-electron chi connectivity index (χ1n) is 5.99.